The molecule has 0 spiro atoms. The van der Waals surface area contributed by atoms with E-state index >= 15 is 0 Å². The van der Waals surface area contributed by atoms with Gasteiger partial charge >= 0.3 is 5.97 Å². The van der Waals surface area contributed by atoms with Crippen LogP contribution in [0.5, 0.6) is 0 Å². The second-order valence-electron chi connectivity index (χ2n) is 5.46. The van der Waals surface area contributed by atoms with E-state index in [1.54, 1.807) is 0 Å². The first-order chi connectivity index (χ1) is 7.52. The van der Waals surface area contributed by atoms with E-state index in [0.717, 1.165) is 12.5 Å². The molecule has 0 aromatic heterocycles. The largest absolute Gasteiger partial charge is 0.480 e. The lowest BCUT2D eigenvalue weighted by atomic mass is 10.0. The van der Waals surface area contributed by atoms with Crippen LogP contribution < -0.4 is 0 Å². The molecular weight excluding hydrogens is 202 g/mol. The maximum atomic E-state index is 10.9. The van der Waals surface area contributed by atoms with Gasteiger partial charge in [0.1, 0.15) is 0 Å². The lowest BCUT2D eigenvalue weighted by Gasteiger charge is -2.29. The Labute approximate surface area is 98.8 Å². The Morgan fingerprint density at radius 2 is 2.12 bits per heavy atom. The number of carbonyl (C=O) groups is 1. The highest BCUT2D eigenvalue weighted by Crippen LogP contribution is 2.31. The topological polar surface area (TPSA) is 40.5 Å². The highest BCUT2D eigenvalue weighted by atomic mass is 16.4. The molecule has 1 aliphatic rings. The minimum absolute atomic E-state index is 0.208. The molecule has 0 bridgehead atoms. The smallest absolute Gasteiger partial charge is 0.317 e. The highest BCUT2D eigenvalue weighted by molar-refractivity contribution is 5.69. The molecule has 1 aliphatic carbocycles. The molecule has 0 saturated heterocycles. The third-order valence-corrected chi connectivity index (χ3v) is 3.55. The van der Waals surface area contributed by atoms with Gasteiger partial charge in [-0.2, -0.15) is 0 Å². The average Bonchev–Trinajstić information content (AvgIpc) is 2.63. The van der Waals surface area contributed by atoms with Gasteiger partial charge in [-0.15, -0.1) is 0 Å². The van der Waals surface area contributed by atoms with Crippen LogP contribution >= 0.6 is 0 Å². The van der Waals surface area contributed by atoms with Gasteiger partial charge in [-0.05, 0) is 31.1 Å². The first-order valence-corrected chi connectivity index (χ1v) is 6.48. The number of carboxylic acids is 1. The number of rotatable bonds is 6. The number of nitrogens with zero attached hydrogens (tertiary/aromatic N) is 1. The van der Waals surface area contributed by atoms with Crippen LogP contribution in [0, 0.1) is 11.8 Å². The summed E-state index contributed by atoms with van der Waals surface area (Å²) in [6.07, 6.45) is 4.88. The maximum absolute atomic E-state index is 10.9. The standard InChI is InChI=1S/C13H25NO2/c1-4-11-5-6-12(7-11)14(8-10(2)3)9-13(15)16/h10-12H,4-9H2,1-3H3,(H,15,16). The van der Waals surface area contributed by atoms with Crippen molar-refractivity contribution in [3.63, 3.8) is 0 Å². The lowest BCUT2D eigenvalue weighted by molar-refractivity contribution is -0.139. The molecule has 1 rings (SSSR count). The van der Waals surface area contributed by atoms with Crippen molar-refractivity contribution in [1.82, 2.24) is 4.90 Å². The zero-order chi connectivity index (χ0) is 12.1. The first-order valence-electron chi connectivity index (χ1n) is 6.48. The quantitative estimate of drug-likeness (QED) is 0.758. The van der Waals surface area contributed by atoms with Crippen LogP contribution in [0.25, 0.3) is 0 Å². The van der Waals surface area contributed by atoms with Crippen LogP contribution in [-0.4, -0.2) is 35.1 Å². The Hall–Kier alpha value is -0.570. The molecule has 3 heteroatoms. The van der Waals surface area contributed by atoms with Gasteiger partial charge in [0.15, 0.2) is 0 Å². The summed E-state index contributed by atoms with van der Waals surface area (Å²) in [5.41, 5.74) is 0. The van der Waals surface area contributed by atoms with E-state index in [1.807, 2.05) is 0 Å². The van der Waals surface area contributed by atoms with Gasteiger partial charge < -0.3 is 5.11 Å². The minimum atomic E-state index is -0.694. The molecule has 1 fully saturated rings. The fourth-order valence-electron chi connectivity index (χ4n) is 2.74. The molecule has 94 valence electrons. The molecule has 2 unspecified atom stereocenters. The SMILES string of the molecule is CCC1CCC(N(CC(=O)O)CC(C)C)C1. The van der Waals surface area contributed by atoms with Gasteiger partial charge in [0.2, 0.25) is 0 Å². The summed E-state index contributed by atoms with van der Waals surface area (Å²) >= 11 is 0. The minimum Gasteiger partial charge on any atom is -0.480 e. The zero-order valence-electron chi connectivity index (χ0n) is 10.8. The Kier molecular flexibility index (Phi) is 5.26. The van der Waals surface area contributed by atoms with Crippen molar-refractivity contribution in [2.24, 2.45) is 11.8 Å². The summed E-state index contributed by atoms with van der Waals surface area (Å²) in [6.45, 7) is 7.66. The van der Waals surface area contributed by atoms with Crippen LogP contribution in [0.1, 0.15) is 46.5 Å². The van der Waals surface area contributed by atoms with E-state index in [1.165, 1.54) is 25.7 Å². The van der Waals surface area contributed by atoms with Crippen molar-refractivity contribution in [2.75, 3.05) is 13.1 Å². The van der Waals surface area contributed by atoms with Crippen LogP contribution in [0.3, 0.4) is 0 Å². The van der Waals surface area contributed by atoms with Crippen molar-refractivity contribution in [1.29, 1.82) is 0 Å². The maximum Gasteiger partial charge on any atom is 0.317 e. The molecule has 0 amide bonds. The monoisotopic (exact) mass is 227 g/mol. The molecule has 3 nitrogen and oxygen atoms in total. The molecular formula is C13H25NO2. The van der Waals surface area contributed by atoms with E-state index < -0.39 is 5.97 Å². The Morgan fingerprint density at radius 1 is 1.44 bits per heavy atom. The van der Waals surface area contributed by atoms with Crippen LogP contribution in [-0.2, 0) is 4.79 Å². The summed E-state index contributed by atoms with van der Waals surface area (Å²) < 4.78 is 0. The van der Waals surface area contributed by atoms with Crippen LogP contribution in [0.4, 0.5) is 0 Å². The number of carboxylic acid groups (broad SMARTS) is 1. The molecule has 0 aromatic rings. The average molecular weight is 227 g/mol. The van der Waals surface area contributed by atoms with Crippen molar-refractivity contribution >= 4 is 5.97 Å². The molecule has 1 N–H and O–H groups in total. The van der Waals surface area contributed by atoms with Gasteiger partial charge in [-0.3, -0.25) is 9.69 Å². The normalized spacial score (nSPS) is 25.6. The number of aliphatic carboxylic acids is 1. The number of hydrogen-bond acceptors (Lipinski definition) is 2. The van der Waals surface area contributed by atoms with E-state index in [4.69, 9.17) is 5.11 Å². The van der Waals surface area contributed by atoms with E-state index in [2.05, 4.69) is 25.7 Å². The van der Waals surface area contributed by atoms with Gasteiger partial charge in [-0.1, -0.05) is 27.2 Å². The Balaban J connectivity index is 2.51. The Morgan fingerprint density at radius 3 is 2.56 bits per heavy atom. The fraction of sp³-hybridized carbons (Fsp3) is 0.923. The van der Waals surface area contributed by atoms with Gasteiger partial charge in [0, 0.05) is 12.6 Å². The van der Waals surface area contributed by atoms with Crippen molar-refractivity contribution in [3.05, 3.63) is 0 Å². The predicted octanol–water partition coefficient (Wildman–Crippen LogP) is 2.61. The van der Waals surface area contributed by atoms with Crippen LogP contribution in [0.15, 0.2) is 0 Å². The van der Waals surface area contributed by atoms with Crippen LogP contribution in [0.2, 0.25) is 0 Å². The lowest BCUT2D eigenvalue weighted by Crippen LogP contribution is -2.40. The predicted molar refractivity (Wildman–Crippen MR) is 65.5 cm³/mol. The van der Waals surface area contributed by atoms with Crippen molar-refractivity contribution in [2.45, 2.75) is 52.5 Å². The van der Waals surface area contributed by atoms with Crippen molar-refractivity contribution < 1.29 is 9.90 Å². The molecule has 0 heterocycles. The summed E-state index contributed by atoms with van der Waals surface area (Å²) in [5.74, 6) is 0.661. The van der Waals surface area contributed by atoms with Gasteiger partial charge in [0.25, 0.3) is 0 Å². The fourth-order valence-corrected chi connectivity index (χ4v) is 2.74. The van der Waals surface area contributed by atoms with Crippen molar-refractivity contribution in [3.8, 4) is 0 Å². The Bertz CT molecular complexity index is 228. The molecule has 2 atom stereocenters. The van der Waals surface area contributed by atoms with E-state index in [0.29, 0.717) is 12.0 Å². The molecule has 0 radical (unpaired) electrons. The third kappa shape index (κ3) is 4.12. The molecule has 16 heavy (non-hydrogen) atoms. The molecule has 0 aromatic carbocycles. The second-order valence-corrected chi connectivity index (χ2v) is 5.46. The number of hydrogen-bond donors (Lipinski definition) is 1. The summed E-state index contributed by atoms with van der Waals surface area (Å²) in [5, 5.41) is 8.94. The molecule has 0 aliphatic heterocycles. The van der Waals surface area contributed by atoms with E-state index in [-0.39, 0.29) is 6.54 Å². The van der Waals surface area contributed by atoms with E-state index in [9.17, 15) is 4.79 Å². The third-order valence-electron chi connectivity index (χ3n) is 3.55. The zero-order valence-corrected chi connectivity index (χ0v) is 10.8. The van der Waals surface area contributed by atoms with Gasteiger partial charge in [-0.25, -0.2) is 0 Å². The highest BCUT2D eigenvalue weighted by Gasteiger charge is 2.29. The summed E-state index contributed by atoms with van der Waals surface area (Å²) in [4.78, 5) is 13.0. The van der Waals surface area contributed by atoms with Gasteiger partial charge in [0.05, 0.1) is 6.54 Å². The summed E-state index contributed by atoms with van der Waals surface area (Å²) in [7, 11) is 0. The molecule has 1 saturated carbocycles. The summed E-state index contributed by atoms with van der Waals surface area (Å²) in [6, 6.07) is 0.503. The second kappa shape index (κ2) is 6.24. The first kappa shape index (κ1) is 13.5.